The summed E-state index contributed by atoms with van der Waals surface area (Å²) in [5.74, 6) is -4.69. The number of likely N-dealkylation sites (tertiary alicyclic amines) is 1. The largest absolute Gasteiger partial charge is 0.490 e. The fourth-order valence-electron chi connectivity index (χ4n) is 2.34. The Labute approximate surface area is 139 Å². The van der Waals surface area contributed by atoms with E-state index in [-0.39, 0.29) is 0 Å². The molecule has 12 heteroatoms. The fourth-order valence-corrected chi connectivity index (χ4v) is 2.34. The number of carboxylic acid groups (broad SMARTS) is 2. The van der Waals surface area contributed by atoms with Crippen molar-refractivity contribution < 1.29 is 46.1 Å². The molecule has 0 aliphatic carbocycles. The number of rotatable bonds is 2. The Morgan fingerprint density at radius 1 is 1.08 bits per heavy atom. The van der Waals surface area contributed by atoms with Crippen molar-refractivity contribution in [2.45, 2.75) is 44.7 Å². The minimum Gasteiger partial charge on any atom is -0.475 e. The molecule has 2 bridgehead atoms. The van der Waals surface area contributed by atoms with Crippen LogP contribution >= 0.6 is 0 Å². The van der Waals surface area contributed by atoms with Crippen LogP contribution in [0.15, 0.2) is 0 Å². The average Bonchev–Trinajstić information content (AvgIpc) is 2.99. The summed E-state index contributed by atoms with van der Waals surface area (Å²) in [7, 11) is 0. The molecule has 0 aromatic carbocycles. The van der Waals surface area contributed by atoms with Crippen molar-refractivity contribution in [2.24, 2.45) is 5.92 Å². The second-order valence-electron chi connectivity index (χ2n) is 5.95. The van der Waals surface area contributed by atoms with Crippen LogP contribution in [0.3, 0.4) is 0 Å². The zero-order valence-electron chi connectivity index (χ0n) is 13.5. The van der Waals surface area contributed by atoms with Gasteiger partial charge in [-0.3, -0.25) is 4.90 Å². The predicted molar refractivity (Wildman–Crippen MR) is 74.0 cm³/mol. The lowest BCUT2D eigenvalue weighted by molar-refractivity contribution is -0.193. The normalized spacial score (nSPS) is 22.8. The number of aliphatic carboxylic acids is 2. The van der Waals surface area contributed by atoms with Gasteiger partial charge < -0.3 is 15.5 Å². The third kappa shape index (κ3) is 9.48. The molecule has 2 atom stereocenters. The molecule has 2 heterocycles. The van der Waals surface area contributed by atoms with E-state index >= 15 is 0 Å². The Balaban J connectivity index is 0.000000366. The lowest BCUT2D eigenvalue weighted by Crippen LogP contribution is -2.44. The van der Waals surface area contributed by atoms with Crippen LogP contribution < -0.4 is 5.32 Å². The van der Waals surface area contributed by atoms with E-state index in [1.54, 1.807) is 0 Å². The first-order valence-corrected chi connectivity index (χ1v) is 7.22. The topological polar surface area (TPSA) is 89.9 Å². The number of alkyl halides is 6. The van der Waals surface area contributed by atoms with Gasteiger partial charge in [0.25, 0.3) is 0 Å². The number of carboxylic acids is 2. The lowest BCUT2D eigenvalue weighted by Gasteiger charge is -2.28. The molecule has 0 unspecified atom stereocenters. The summed E-state index contributed by atoms with van der Waals surface area (Å²) in [5.41, 5.74) is 0. The number of hydrogen-bond donors (Lipinski definition) is 3. The van der Waals surface area contributed by atoms with Crippen LogP contribution in [-0.2, 0) is 9.59 Å². The quantitative estimate of drug-likeness (QED) is 0.633. The van der Waals surface area contributed by atoms with Crippen molar-refractivity contribution >= 4 is 11.9 Å². The zero-order valence-corrected chi connectivity index (χ0v) is 13.5. The number of halogens is 6. The summed E-state index contributed by atoms with van der Waals surface area (Å²) in [6.07, 6.45) is -8.77. The van der Waals surface area contributed by atoms with E-state index in [4.69, 9.17) is 19.8 Å². The summed E-state index contributed by atoms with van der Waals surface area (Å²) >= 11 is 0. The number of piperazine rings is 1. The van der Waals surface area contributed by atoms with Crippen molar-refractivity contribution in [1.29, 1.82) is 0 Å². The van der Waals surface area contributed by atoms with Crippen LogP contribution in [0, 0.1) is 5.92 Å². The monoisotopic (exact) mass is 382 g/mol. The van der Waals surface area contributed by atoms with Gasteiger partial charge in [0.15, 0.2) is 0 Å². The van der Waals surface area contributed by atoms with E-state index in [0.29, 0.717) is 0 Å². The van der Waals surface area contributed by atoms with Gasteiger partial charge in [0.1, 0.15) is 0 Å². The molecule has 2 fully saturated rings. The highest BCUT2D eigenvalue weighted by Crippen LogP contribution is 2.23. The highest BCUT2D eigenvalue weighted by atomic mass is 19.4. The van der Waals surface area contributed by atoms with E-state index in [9.17, 15) is 26.3 Å². The van der Waals surface area contributed by atoms with Gasteiger partial charge in [-0.1, -0.05) is 13.8 Å². The standard InChI is InChI=1S/C9H18N2.2C2HF3O2/c1-7(2)5-11-6-8-3-9(11)4-10-8;2*3-2(4,5)1(6)7/h7-10H,3-6H2,1-2H3;2*(H,6,7)/t8-,9-;;/m0../s1. The number of carbonyl (C=O) groups is 2. The zero-order chi connectivity index (χ0) is 20.0. The first-order chi connectivity index (χ1) is 11.1. The van der Waals surface area contributed by atoms with Crippen LogP contribution in [0.25, 0.3) is 0 Å². The highest BCUT2D eigenvalue weighted by Gasteiger charge is 2.39. The van der Waals surface area contributed by atoms with Gasteiger partial charge >= 0.3 is 24.3 Å². The Bertz CT molecular complexity index is 429. The summed E-state index contributed by atoms with van der Waals surface area (Å²) in [5, 5.41) is 17.8. The van der Waals surface area contributed by atoms with Crippen molar-refractivity contribution in [3.8, 4) is 0 Å². The molecule has 0 aromatic heterocycles. The summed E-state index contributed by atoms with van der Waals surface area (Å²) in [4.78, 5) is 20.4. The third-order valence-corrected chi connectivity index (χ3v) is 3.25. The van der Waals surface area contributed by atoms with Gasteiger partial charge in [-0.25, -0.2) is 9.59 Å². The van der Waals surface area contributed by atoms with Crippen molar-refractivity contribution in [1.82, 2.24) is 10.2 Å². The average molecular weight is 382 g/mol. The number of nitrogens with one attached hydrogen (secondary N) is 1. The van der Waals surface area contributed by atoms with Gasteiger partial charge in [-0.15, -0.1) is 0 Å². The second-order valence-corrected chi connectivity index (χ2v) is 5.95. The maximum Gasteiger partial charge on any atom is 0.490 e. The van der Waals surface area contributed by atoms with Crippen molar-refractivity contribution in [2.75, 3.05) is 19.6 Å². The van der Waals surface area contributed by atoms with Crippen LogP contribution in [-0.4, -0.2) is 71.1 Å². The van der Waals surface area contributed by atoms with E-state index in [1.165, 1.54) is 26.1 Å². The van der Waals surface area contributed by atoms with E-state index < -0.39 is 24.3 Å². The lowest BCUT2D eigenvalue weighted by atomic mass is 10.2. The molecule has 2 rings (SSSR count). The van der Waals surface area contributed by atoms with Crippen molar-refractivity contribution in [3.63, 3.8) is 0 Å². The molecule has 2 aliphatic rings. The molecular weight excluding hydrogens is 362 g/mol. The Morgan fingerprint density at radius 3 is 1.68 bits per heavy atom. The van der Waals surface area contributed by atoms with Gasteiger partial charge in [0.2, 0.25) is 0 Å². The van der Waals surface area contributed by atoms with Crippen molar-refractivity contribution in [3.05, 3.63) is 0 Å². The number of fused-ring (bicyclic) bond motifs is 2. The molecule has 2 aliphatic heterocycles. The molecule has 0 spiro atoms. The molecule has 0 radical (unpaired) electrons. The fraction of sp³-hybridized carbons (Fsp3) is 0.846. The van der Waals surface area contributed by atoms with Crippen LogP contribution in [0.2, 0.25) is 0 Å². The van der Waals surface area contributed by atoms with E-state index in [1.807, 2.05) is 0 Å². The van der Waals surface area contributed by atoms with Gasteiger partial charge in [-0.05, 0) is 12.3 Å². The SMILES string of the molecule is CC(C)CN1C[C@@H]2C[C@H]1CN2.O=C(O)C(F)(F)F.O=C(O)C(F)(F)F. The van der Waals surface area contributed by atoms with Crippen LogP contribution in [0.1, 0.15) is 20.3 Å². The number of hydrogen-bond acceptors (Lipinski definition) is 4. The summed E-state index contributed by atoms with van der Waals surface area (Å²) in [6, 6.07) is 1.68. The highest BCUT2D eigenvalue weighted by molar-refractivity contribution is 5.73. The maximum absolute atomic E-state index is 10.6. The van der Waals surface area contributed by atoms with Gasteiger partial charge in [0, 0.05) is 31.7 Å². The molecule has 3 N–H and O–H groups in total. The minimum atomic E-state index is -5.08. The van der Waals surface area contributed by atoms with E-state index in [0.717, 1.165) is 18.0 Å². The summed E-state index contributed by atoms with van der Waals surface area (Å²) < 4.78 is 63.5. The molecule has 0 saturated carbocycles. The second kappa shape index (κ2) is 9.22. The molecular formula is C13H20F6N2O4. The Hall–Kier alpha value is -1.56. The maximum atomic E-state index is 10.6. The smallest absolute Gasteiger partial charge is 0.475 e. The molecule has 148 valence electrons. The van der Waals surface area contributed by atoms with Crippen LogP contribution in [0.5, 0.6) is 0 Å². The van der Waals surface area contributed by atoms with E-state index in [2.05, 4.69) is 24.1 Å². The molecule has 0 amide bonds. The first-order valence-electron chi connectivity index (χ1n) is 7.22. The first kappa shape index (κ1) is 23.4. The van der Waals surface area contributed by atoms with Gasteiger partial charge in [-0.2, -0.15) is 26.3 Å². The summed E-state index contributed by atoms with van der Waals surface area (Å²) in [6.45, 7) is 8.43. The third-order valence-electron chi connectivity index (χ3n) is 3.25. The van der Waals surface area contributed by atoms with Gasteiger partial charge in [0.05, 0.1) is 0 Å². The Kier molecular flexibility index (Phi) is 8.65. The predicted octanol–water partition coefficient (Wildman–Crippen LogP) is 1.96. The molecule has 6 nitrogen and oxygen atoms in total. The molecule has 0 aromatic rings. The number of nitrogens with zero attached hydrogens (tertiary/aromatic N) is 1. The minimum absolute atomic E-state index is 0.818. The Morgan fingerprint density at radius 2 is 1.48 bits per heavy atom. The van der Waals surface area contributed by atoms with Crippen LogP contribution in [0.4, 0.5) is 26.3 Å². The molecule has 2 saturated heterocycles. The molecule has 25 heavy (non-hydrogen) atoms.